The van der Waals surface area contributed by atoms with E-state index in [1.807, 2.05) is 11.8 Å². The first-order valence-corrected chi connectivity index (χ1v) is 13.1. The highest BCUT2D eigenvalue weighted by Crippen LogP contribution is 2.23. The molecule has 0 spiro atoms. The van der Waals surface area contributed by atoms with E-state index in [0.717, 1.165) is 62.6 Å². The number of hydrogen-bond acceptors (Lipinski definition) is 4. The molecule has 4 rings (SSSR count). The Morgan fingerprint density at radius 1 is 0.912 bits per heavy atom. The quantitative estimate of drug-likeness (QED) is 0.496. The van der Waals surface area contributed by atoms with Crippen molar-refractivity contribution in [3.63, 3.8) is 0 Å². The summed E-state index contributed by atoms with van der Waals surface area (Å²) in [6, 6.07) is 14.7. The molecular weight excluding hydrogens is 422 g/mol. The largest absolute Gasteiger partial charge is 0.494 e. The Bertz CT molecular complexity index is 927. The number of carbonyl (C=O) groups excluding carboxylic acids is 1. The maximum Gasteiger partial charge on any atom is 0.254 e. The molecule has 0 unspecified atom stereocenters. The number of carbonyl (C=O) groups is 1. The van der Waals surface area contributed by atoms with Crippen LogP contribution in [0.1, 0.15) is 66.9 Å². The maximum atomic E-state index is 13.2. The molecule has 0 saturated carbocycles. The molecule has 2 heterocycles. The van der Waals surface area contributed by atoms with Crippen molar-refractivity contribution >= 4 is 11.6 Å². The number of nitrogens with zero attached hydrogens (tertiary/aromatic N) is 3. The summed E-state index contributed by atoms with van der Waals surface area (Å²) >= 11 is 0. The van der Waals surface area contributed by atoms with E-state index in [9.17, 15) is 4.79 Å². The molecule has 2 aromatic carbocycles. The summed E-state index contributed by atoms with van der Waals surface area (Å²) in [5, 5.41) is 0. The van der Waals surface area contributed by atoms with Crippen molar-refractivity contribution in [3.8, 4) is 5.75 Å². The Balaban J connectivity index is 1.24. The molecular formula is C29H41N3O2. The number of anilines is 1. The first kappa shape index (κ1) is 24.6. The molecule has 5 heteroatoms. The van der Waals surface area contributed by atoms with E-state index >= 15 is 0 Å². The fraction of sp³-hybridized carbons (Fsp3) is 0.552. The van der Waals surface area contributed by atoms with Crippen LogP contribution in [0, 0.1) is 6.92 Å². The van der Waals surface area contributed by atoms with Crippen molar-refractivity contribution in [2.75, 3.05) is 57.3 Å². The molecule has 2 fully saturated rings. The van der Waals surface area contributed by atoms with Gasteiger partial charge in [-0.2, -0.15) is 0 Å². The number of ether oxygens (including phenoxy) is 1. The van der Waals surface area contributed by atoms with Gasteiger partial charge in [0, 0.05) is 44.0 Å². The van der Waals surface area contributed by atoms with Gasteiger partial charge in [0.2, 0.25) is 0 Å². The molecule has 2 aliphatic heterocycles. The number of benzene rings is 2. The number of amides is 1. The third kappa shape index (κ3) is 6.32. The number of hydrogen-bond donors (Lipinski definition) is 0. The minimum Gasteiger partial charge on any atom is -0.494 e. The van der Waals surface area contributed by atoms with Gasteiger partial charge < -0.3 is 19.4 Å². The van der Waals surface area contributed by atoms with Crippen LogP contribution in [0.5, 0.6) is 5.75 Å². The molecule has 0 radical (unpaired) electrons. The Morgan fingerprint density at radius 3 is 2.29 bits per heavy atom. The second-order valence-corrected chi connectivity index (χ2v) is 10.1. The molecule has 34 heavy (non-hydrogen) atoms. The predicted molar refractivity (Wildman–Crippen MR) is 140 cm³/mol. The zero-order valence-corrected chi connectivity index (χ0v) is 21.3. The normalized spacial score (nSPS) is 17.3. The summed E-state index contributed by atoms with van der Waals surface area (Å²) in [5.41, 5.74) is 4.33. The van der Waals surface area contributed by atoms with E-state index in [0.29, 0.717) is 5.92 Å². The summed E-state index contributed by atoms with van der Waals surface area (Å²) < 4.78 is 5.98. The highest BCUT2D eigenvalue weighted by atomic mass is 16.5. The van der Waals surface area contributed by atoms with E-state index in [4.69, 9.17) is 4.74 Å². The second-order valence-electron chi connectivity index (χ2n) is 10.1. The van der Waals surface area contributed by atoms with Crippen LogP contribution in [0.15, 0.2) is 42.5 Å². The first-order chi connectivity index (χ1) is 16.5. The Labute approximate surface area is 205 Å². The van der Waals surface area contributed by atoms with Crippen LogP contribution in [0.25, 0.3) is 0 Å². The van der Waals surface area contributed by atoms with Crippen LogP contribution in [-0.4, -0.2) is 68.1 Å². The predicted octanol–water partition coefficient (Wildman–Crippen LogP) is 5.34. The average Bonchev–Trinajstić information content (AvgIpc) is 2.87. The molecule has 0 aromatic heterocycles. The van der Waals surface area contributed by atoms with E-state index in [2.05, 4.69) is 66.1 Å². The van der Waals surface area contributed by atoms with Crippen LogP contribution in [0.4, 0.5) is 5.69 Å². The minimum absolute atomic E-state index is 0.160. The van der Waals surface area contributed by atoms with E-state index in [-0.39, 0.29) is 5.91 Å². The molecule has 2 aliphatic rings. The molecule has 2 saturated heterocycles. The lowest BCUT2D eigenvalue weighted by molar-refractivity contribution is 0.0746. The SMILES string of the molecule is Cc1ccc(C(C)C)cc1C(=O)N1CCN(c2ccc(OCCCN3CCCCC3)cc2)CC1. The number of piperidine rings is 1. The van der Waals surface area contributed by atoms with Gasteiger partial charge in [-0.3, -0.25) is 4.79 Å². The van der Waals surface area contributed by atoms with Crippen LogP contribution in [0.2, 0.25) is 0 Å². The smallest absolute Gasteiger partial charge is 0.254 e. The van der Waals surface area contributed by atoms with Gasteiger partial charge in [0.05, 0.1) is 6.61 Å². The third-order valence-electron chi connectivity index (χ3n) is 7.26. The van der Waals surface area contributed by atoms with Crippen LogP contribution >= 0.6 is 0 Å². The molecule has 0 N–H and O–H groups in total. The van der Waals surface area contributed by atoms with E-state index in [1.54, 1.807) is 0 Å². The van der Waals surface area contributed by atoms with Gasteiger partial charge in [-0.1, -0.05) is 32.4 Å². The summed E-state index contributed by atoms with van der Waals surface area (Å²) in [7, 11) is 0. The summed E-state index contributed by atoms with van der Waals surface area (Å²) in [5.74, 6) is 1.52. The van der Waals surface area contributed by atoms with Gasteiger partial charge in [0.1, 0.15) is 5.75 Å². The van der Waals surface area contributed by atoms with Crippen molar-refractivity contribution in [3.05, 3.63) is 59.2 Å². The molecule has 5 nitrogen and oxygen atoms in total. The van der Waals surface area contributed by atoms with Crippen molar-refractivity contribution in [1.29, 1.82) is 0 Å². The van der Waals surface area contributed by atoms with Gasteiger partial charge in [0.25, 0.3) is 5.91 Å². The minimum atomic E-state index is 0.160. The van der Waals surface area contributed by atoms with Gasteiger partial charge in [-0.05, 0) is 86.7 Å². The van der Waals surface area contributed by atoms with Crippen molar-refractivity contribution in [2.45, 2.75) is 52.4 Å². The first-order valence-electron chi connectivity index (χ1n) is 13.1. The van der Waals surface area contributed by atoms with Gasteiger partial charge in [-0.15, -0.1) is 0 Å². The molecule has 184 valence electrons. The third-order valence-corrected chi connectivity index (χ3v) is 7.26. The standard InChI is InChI=1S/C29H41N3O2/c1-23(2)25-9-8-24(3)28(22-25)29(33)32-19-17-31(18-20-32)26-10-12-27(13-11-26)34-21-7-16-30-14-5-4-6-15-30/h8-13,22-23H,4-7,14-21H2,1-3H3. The Kier molecular flexibility index (Phi) is 8.49. The second kappa shape index (κ2) is 11.7. The summed E-state index contributed by atoms with van der Waals surface area (Å²) in [4.78, 5) is 20.1. The van der Waals surface area contributed by atoms with Crippen molar-refractivity contribution in [1.82, 2.24) is 9.80 Å². The number of aryl methyl sites for hydroxylation is 1. The number of likely N-dealkylation sites (tertiary alicyclic amines) is 1. The number of piperazine rings is 1. The topological polar surface area (TPSA) is 36.0 Å². The summed E-state index contributed by atoms with van der Waals surface area (Å²) in [6.07, 6.45) is 5.15. The molecule has 0 atom stereocenters. The lowest BCUT2D eigenvalue weighted by Gasteiger charge is -2.36. The Morgan fingerprint density at radius 2 is 1.62 bits per heavy atom. The molecule has 2 aromatic rings. The molecule has 0 aliphatic carbocycles. The van der Waals surface area contributed by atoms with Gasteiger partial charge in [0.15, 0.2) is 0 Å². The zero-order valence-electron chi connectivity index (χ0n) is 21.3. The molecule has 0 bridgehead atoms. The molecule has 1 amide bonds. The van der Waals surface area contributed by atoms with Gasteiger partial charge >= 0.3 is 0 Å². The average molecular weight is 464 g/mol. The number of rotatable bonds is 8. The van der Waals surface area contributed by atoms with Gasteiger partial charge in [-0.25, -0.2) is 0 Å². The lowest BCUT2D eigenvalue weighted by Crippen LogP contribution is -2.49. The zero-order chi connectivity index (χ0) is 23.9. The van der Waals surface area contributed by atoms with Crippen LogP contribution in [0.3, 0.4) is 0 Å². The van der Waals surface area contributed by atoms with Crippen molar-refractivity contribution < 1.29 is 9.53 Å². The van der Waals surface area contributed by atoms with E-state index in [1.165, 1.54) is 43.6 Å². The monoisotopic (exact) mass is 463 g/mol. The summed E-state index contributed by atoms with van der Waals surface area (Å²) in [6.45, 7) is 14.0. The maximum absolute atomic E-state index is 13.2. The lowest BCUT2D eigenvalue weighted by atomic mass is 9.97. The van der Waals surface area contributed by atoms with E-state index < -0.39 is 0 Å². The van der Waals surface area contributed by atoms with Crippen LogP contribution in [-0.2, 0) is 0 Å². The van der Waals surface area contributed by atoms with Crippen LogP contribution < -0.4 is 9.64 Å². The van der Waals surface area contributed by atoms with Crippen molar-refractivity contribution in [2.24, 2.45) is 0 Å². The highest BCUT2D eigenvalue weighted by Gasteiger charge is 2.24. The fourth-order valence-electron chi connectivity index (χ4n) is 4.98. The Hall–Kier alpha value is -2.53. The fourth-order valence-corrected chi connectivity index (χ4v) is 4.98. The highest BCUT2D eigenvalue weighted by molar-refractivity contribution is 5.96.